The van der Waals surface area contributed by atoms with Crippen LogP contribution in [0.4, 0.5) is 0 Å². The van der Waals surface area contributed by atoms with E-state index in [1.807, 2.05) is 85.9 Å². The molecule has 1 saturated heterocycles. The van der Waals surface area contributed by atoms with Crippen molar-refractivity contribution in [2.24, 2.45) is 23.7 Å². The lowest BCUT2D eigenvalue weighted by Gasteiger charge is -2.35. The van der Waals surface area contributed by atoms with Gasteiger partial charge in [0.2, 0.25) is 0 Å². The highest BCUT2D eigenvalue weighted by Gasteiger charge is 2.43. The van der Waals surface area contributed by atoms with E-state index in [9.17, 15) is 33.6 Å². The topological polar surface area (TPSA) is 217 Å². The second-order valence-electron chi connectivity index (χ2n) is 22.8. The Balaban J connectivity index is 1.57. The quantitative estimate of drug-likeness (QED) is 0.0868. The number of esters is 4. The number of hydrogen-bond acceptors (Lipinski definition) is 14. The summed E-state index contributed by atoms with van der Waals surface area (Å²) in [4.78, 5) is 125. The molecule has 0 radical (unpaired) electrons. The molecule has 434 valence electrons. The minimum atomic E-state index is -1.54. The van der Waals surface area contributed by atoms with Crippen molar-refractivity contribution in [2.75, 3.05) is 28.2 Å². The van der Waals surface area contributed by atoms with Gasteiger partial charge in [-0.2, -0.15) is 5.10 Å². The van der Waals surface area contributed by atoms with E-state index in [-0.39, 0.29) is 62.2 Å². The molecule has 0 aliphatic carbocycles. The van der Waals surface area contributed by atoms with Crippen LogP contribution in [0.25, 0.3) is 11.1 Å². The molecule has 2 aromatic heterocycles. The van der Waals surface area contributed by atoms with Crippen LogP contribution in [0.3, 0.4) is 0 Å². The fraction of sp³-hybridized carbons (Fsp3) is 0.541. The molecule has 19 nitrogen and oxygen atoms in total. The maximum absolute atomic E-state index is 15.0. The molecule has 1 aliphatic rings. The van der Waals surface area contributed by atoms with Gasteiger partial charge in [-0.05, 0) is 86.0 Å². The number of cyclic esters (lactones) is 4. The van der Waals surface area contributed by atoms with Gasteiger partial charge in [-0.3, -0.25) is 28.8 Å². The number of likely N-dealkylation sites (N-methyl/N-ethyl adjacent to an activating group) is 4. The molecule has 80 heavy (non-hydrogen) atoms. The van der Waals surface area contributed by atoms with E-state index < -0.39 is 96.1 Å². The number of amides is 4. The zero-order chi connectivity index (χ0) is 59.1. The number of nitrogens with zero attached hydrogens (tertiary/aromatic N) is 7. The summed E-state index contributed by atoms with van der Waals surface area (Å²) in [6, 6.07) is 14.9. The molecule has 0 N–H and O–H groups in total. The number of carbonyl (C=O) groups excluding carboxylic acids is 8. The minimum Gasteiger partial charge on any atom is -0.451 e. The lowest BCUT2D eigenvalue weighted by atomic mass is 9.99. The van der Waals surface area contributed by atoms with Crippen LogP contribution in [0.1, 0.15) is 112 Å². The summed E-state index contributed by atoms with van der Waals surface area (Å²) in [5.41, 5.74) is 3.95. The molecule has 8 atom stereocenters. The van der Waals surface area contributed by atoms with Crippen LogP contribution in [0.5, 0.6) is 0 Å². The third-order valence-corrected chi connectivity index (χ3v) is 14.2. The molecular formula is C61H83N7O12. The van der Waals surface area contributed by atoms with Crippen molar-refractivity contribution in [1.82, 2.24) is 34.4 Å². The van der Waals surface area contributed by atoms with Crippen LogP contribution in [-0.2, 0) is 76.7 Å². The van der Waals surface area contributed by atoms with Gasteiger partial charge >= 0.3 is 23.9 Å². The average Bonchev–Trinajstić information content (AvgIpc) is 3.89. The van der Waals surface area contributed by atoms with Crippen molar-refractivity contribution in [1.29, 1.82) is 0 Å². The molecule has 3 heterocycles. The van der Waals surface area contributed by atoms with Gasteiger partial charge < -0.3 is 38.5 Å². The van der Waals surface area contributed by atoms with Gasteiger partial charge in [-0.1, -0.05) is 116 Å². The van der Waals surface area contributed by atoms with Crippen molar-refractivity contribution in [3.05, 3.63) is 108 Å². The third kappa shape index (κ3) is 17.5. The lowest BCUT2D eigenvalue weighted by molar-refractivity contribution is -0.176. The Labute approximate surface area is 471 Å². The van der Waals surface area contributed by atoms with Gasteiger partial charge in [0, 0.05) is 70.7 Å². The molecule has 1 fully saturated rings. The number of carbonyl (C=O) groups is 8. The molecule has 0 unspecified atom stereocenters. The first-order chi connectivity index (χ1) is 37.7. The first kappa shape index (κ1) is 63.4. The summed E-state index contributed by atoms with van der Waals surface area (Å²) in [5, 5.41) is 4.52. The van der Waals surface area contributed by atoms with E-state index in [4.69, 9.17) is 18.9 Å². The van der Waals surface area contributed by atoms with E-state index in [0.29, 0.717) is 17.7 Å². The van der Waals surface area contributed by atoms with E-state index in [1.54, 1.807) is 65.7 Å². The Morgan fingerprint density at radius 3 is 1.20 bits per heavy atom. The zero-order valence-corrected chi connectivity index (χ0v) is 49.1. The van der Waals surface area contributed by atoms with Crippen molar-refractivity contribution >= 4 is 47.5 Å². The Morgan fingerprint density at radius 1 is 0.438 bits per heavy atom. The molecule has 1 aliphatic heterocycles. The minimum absolute atomic E-state index is 0.0819. The van der Waals surface area contributed by atoms with Crippen LogP contribution in [-0.4, -0.2) is 159 Å². The molecule has 0 spiro atoms. The van der Waals surface area contributed by atoms with Crippen LogP contribution in [0.15, 0.2) is 91.5 Å². The number of benzene rings is 2. The highest BCUT2D eigenvalue weighted by molar-refractivity contribution is 5.94. The zero-order valence-electron chi connectivity index (χ0n) is 49.1. The Hall–Kier alpha value is -7.44. The number of pyridine rings is 1. The first-order valence-electron chi connectivity index (χ1n) is 27.7. The number of rotatable bonds is 15. The van der Waals surface area contributed by atoms with Crippen molar-refractivity contribution < 1.29 is 57.3 Å². The summed E-state index contributed by atoms with van der Waals surface area (Å²) in [5.74, 6) is -7.36. The Kier molecular flexibility index (Phi) is 23.1. The number of hydrogen-bond donors (Lipinski definition) is 0. The van der Waals surface area contributed by atoms with Gasteiger partial charge in [0.05, 0.1) is 12.7 Å². The van der Waals surface area contributed by atoms with Crippen molar-refractivity contribution in [2.45, 2.75) is 163 Å². The first-order valence-corrected chi connectivity index (χ1v) is 27.7. The van der Waals surface area contributed by atoms with Crippen LogP contribution < -0.4 is 0 Å². The molecule has 2 aromatic carbocycles. The standard InChI is InChI=1S/C61H83N7O12/c1-37(2)27-48-58(73)77-42(10)55(70)65(12)51(30-40(7)8)61(76)80-53(32-44-22-24-45(25-23-44)35-68-36-47(34-63-68)46-21-18-26-62-33-46)57(72)67(14)49(28-38(3)4)59(74)78-41(9)54(69)64(11)50(29-39(5)6)60(75)79-52(56(71)66(48)13)31-43-19-16-15-17-20-43/h15-26,33-34,36-42,48-53H,27-32,35H2,1-14H3/t41-,42-,48+,49+,50+,51+,52-,53-/m1/s1. The molecule has 0 bridgehead atoms. The average molecular weight is 1110 g/mol. The maximum atomic E-state index is 15.0. The summed E-state index contributed by atoms with van der Waals surface area (Å²) < 4.78 is 25.9. The summed E-state index contributed by atoms with van der Waals surface area (Å²) in [6.45, 7) is 18.0. The summed E-state index contributed by atoms with van der Waals surface area (Å²) in [7, 11) is 5.57. The van der Waals surface area contributed by atoms with Gasteiger partial charge in [0.1, 0.15) is 24.2 Å². The fourth-order valence-corrected chi connectivity index (χ4v) is 9.62. The fourth-order valence-electron chi connectivity index (χ4n) is 9.62. The molecule has 4 aromatic rings. The van der Waals surface area contributed by atoms with Crippen LogP contribution in [0.2, 0.25) is 0 Å². The lowest BCUT2D eigenvalue weighted by Crippen LogP contribution is -2.55. The summed E-state index contributed by atoms with van der Waals surface area (Å²) >= 11 is 0. The monoisotopic (exact) mass is 1110 g/mol. The van der Waals surface area contributed by atoms with E-state index >= 15 is 4.79 Å². The highest BCUT2D eigenvalue weighted by Crippen LogP contribution is 2.25. The van der Waals surface area contributed by atoms with Gasteiger partial charge in [0.25, 0.3) is 23.6 Å². The third-order valence-electron chi connectivity index (χ3n) is 14.2. The molecule has 5 rings (SSSR count). The van der Waals surface area contributed by atoms with Crippen molar-refractivity contribution in [3.8, 4) is 11.1 Å². The second-order valence-corrected chi connectivity index (χ2v) is 22.8. The predicted molar refractivity (Wildman–Crippen MR) is 300 cm³/mol. The molecule has 0 saturated carbocycles. The van der Waals surface area contributed by atoms with Crippen LogP contribution >= 0.6 is 0 Å². The van der Waals surface area contributed by atoms with Crippen molar-refractivity contribution in [3.63, 3.8) is 0 Å². The number of aromatic nitrogens is 3. The molecule has 4 amide bonds. The largest absolute Gasteiger partial charge is 0.451 e. The van der Waals surface area contributed by atoms with Gasteiger partial charge in [-0.25, -0.2) is 19.2 Å². The predicted octanol–water partition coefficient (Wildman–Crippen LogP) is 6.97. The number of ether oxygens (including phenoxy) is 4. The van der Waals surface area contributed by atoms with E-state index in [1.165, 1.54) is 42.0 Å². The van der Waals surface area contributed by atoms with E-state index in [0.717, 1.165) is 36.3 Å². The van der Waals surface area contributed by atoms with E-state index in [2.05, 4.69) is 10.1 Å². The smallest absolute Gasteiger partial charge is 0.329 e. The Bertz CT molecular complexity index is 2710. The van der Waals surface area contributed by atoms with Crippen LogP contribution in [0, 0.1) is 23.7 Å². The SMILES string of the molecule is CC(C)C[C@H]1C(=O)O[C@H](Cc2ccc(Cn3cc(-c4cccnc4)cn3)cc2)C(=O)N(C)[C@@H](CC(C)C)C(=O)O[C@H](C)C(=O)N(C)[C@@H](CC(C)C)C(=O)O[C@H](Cc2ccccc2)C(=O)N(C)[C@@H](CC(C)C)C(=O)O[C@H](C)C(=O)N1C. The Morgan fingerprint density at radius 2 is 0.812 bits per heavy atom. The molecular weight excluding hydrogens is 1020 g/mol. The maximum Gasteiger partial charge on any atom is 0.329 e. The highest BCUT2D eigenvalue weighted by atomic mass is 16.6. The second kappa shape index (κ2) is 29.1. The summed E-state index contributed by atoms with van der Waals surface area (Å²) in [6.07, 6.45) is 1.26. The van der Waals surface area contributed by atoms with Gasteiger partial charge in [-0.15, -0.1) is 0 Å². The normalized spacial score (nSPS) is 23.2. The molecule has 19 heteroatoms. The van der Waals surface area contributed by atoms with Gasteiger partial charge in [0.15, 0.2) is 24.4 Å².